The van der Waals surface area contributed by atoms with Crippen LogP contribution < -0.4 is 5.32 Å². The van der Waals surface area contributed by atoms with Gasteiger partial charge in [-0.2, -0.15) is 5.10 Å². The van der Waals surface area contributed by atoms with Gasteiger partial charge in [-0.25, -0.2) is 0 Å². The zero-order chi connectivity index (χ0) is 22.0. The quantitative estimate of drug-likeness (QED) is 0.446. The molecule has 0 radical (unpaired) electrons. The Morgan fingerprint density at radius 3 is 2.35 bits per heavy atom. The topological polar surface area (TPSA) is 84.1 Å². The van der Waals surface area contributed by atoms with E-state index in [4.69, 9.17) is 4.74 Å². The van der Waals surface area contributed by atoms with Gasteiger partial charge in [0, 0.05) is 17.9 Å². The molecule has 1 heterocycles. The van der Waals surface area contributed by atoms with Crippen molar-refractivity contribution < 1.29 is 14.3 Å². The maximum atomic E-state index is 12.9. The predicted octanol–water partition coefficient (Wildman–Crippen LogP) is 5.09. The third kappa shape index (κ3) is 4.19. The number of anilines is 1. The molecular formula is C25H23N3O3. The summed E-state index contributed by atoms with van der Waals surface area (Å²) in [7, 11) is 0. The van der Waals surface area contributed by atoms with Gasteiger partial charge in [0.2, 0.25) is 6.10 Å². The Balaban J connectivity index is 1.64. The van der Waals surface area contributed by atoms with Crippen molar-refractivity contribution in [3.63, 3.8) is 0 Å². The van der Waals surface area contributed by atoms with Crippen molar-refractivity contribution in [2.45, 2.75) is 26.9 Å². The van der Waals surface area contributed by atoms with Gasteiger partial charge in [-0.05, 0) is 48.2 Å². The van der Waals surface area contributed by atoms with Gasteiger partial charge >= 0.3 is 5.97 Å². The van der Waals surface area contributed by atoms with Crippen LogP contribution in [-0.2, 0) is 14.3 Å². The minimum Gasteiger partial charge on any atom is -0.447 e. The molecule has 3 aromatic carbocycles. The second-order valence-electron chi connectivity index (χ2n) is 7.49. The maximum absolute atomic E-state index is 12.9. The van der Waals surface area contributed by atoms with Crippen LogP contribution >= 0.6 is 0 Å². The van der Waals surface area contributed by atoms with E-state index in [2.05, 4.69) is 41.5 Å². The highest BCUT2D eigenvalue weighted by molar-refractivity contribution is 6.03. The van der Waals surface area contributed by atoms with E-state index in [1.54, 1.807) is 24.3 Å². The normalized spacial score (nSPS) is 11.8. The molecule has 0 spiro atoms. The number of hydrogen-bond acceptors (Lipinski definition) is 4. The highest BCUT2D eigenvalue weighted by Crippen LogP contribution is 2.31. The van der Waals surface area contributed by atoms with Gasteiger partial charge in [-0.1, -0.05) is 54.6 Å². The first-order valence-electron chi connectivity index (χ1n) is 10.0. The number of esters is 1. The molecule has 0 bridgehead atoms. The monoisotopic (exact) mass is 413 g/mol. The molecule has 2 N–H and O–H groups in total. The van der Waals surface area contributed by atoms with Crippen molar-refractivity contribution in [3.8, 4) is 11.1 Å². The SMILES string of the molecule is CC(=O)OC(C(=O)Nc1n[nH]c2cc(-c3c(C)cccc3C)ccc12)c1ccccc1. The number of benzene rings is 3. The molecule has 0 aliphatic rings. The highest BCUT2D eigenvalue weighted by atomic mass is 16.5. The lowest BCUT2D eigenvalue weighted by molar-refractivity contribution is -0.152. The molecule has 6 nitrogen and oxygen atoms in total. The zero-order valence-electron chi connectivity index (χ0n) is 17.6. The smallest absolute Gasteiger partial charge is 0.303 e. The van der Waals surface area contributed by atoms with Gasteiger partial charge in [-0.3, -0.25) is 14.7 Å². The summed E-state index contributed by atoms with van der Waals surface area (Å²) in [4.78, 5) is 24.5. The van der Waals surface area contributed by atoms with E-state index in [0.717, 1.165) is 16.5 Å². The molecule has 0 fully saturated rings. The first kappa shape index (κ1) is 20.3. The third-order valence-electron chi connectivity index (χ3n) is 5.20. The Labute approximate surface area is 180 Å². The summed E-state index contributed by atoms with van der Waals surface area (Å²) in [5.74, 6) is -0.608. The number of amides is 1. The number of carbonyl (C=O) groups excluding carboxylic acids is 2. The van der Waals surface area contributed by atoms with Crippen LogP contribution in [0.2, 0.25) is 0 Å². The summed E-state index contributed by atoms with van der Waals surface area (Å²) in [6, 6.07) is 21.1. The first-order chi connectivity index (χ1) is 14.9. The average Bonchev–Trinajstić information content (AvgIpc) is 3.14. The number of aromatic amines is 1. The van der Waals surface area contributed by atoms with Crippen LogP contribution in [0.3, 0.4) is 0 Å². The molecule has 1 atom stereocenters. The molecule has 0 aliphatic carbocycles. The number of aryl methyl sites for hydroxylation is 2. The second-order valence-corrected chi connectivity index (χ2v) is 7.49. The lowest BCUT2D eigenvalue weighted by Gasteiger charge is -2.16. The lowest BCUT2D eigenvalue weighted by atomic mass is 9.95. The minimum atomic E-state index is -1.06. The van der Waals surface area contributed by atoms with Crippen molar-refractivity contribution in [1.82, 2.24) is 10.2 Å². The van der Waals surface area contributed by atoms with Crippen LogP contribution in [0.4, 0.5) is 5.82 Å². The summed E-state index contributed by atoms with van der Waals surface area (Å²) in [6.07, 6.45) is -1.06. The molecule has 0 saturated carbocycles. The van der Waals surface area contributed by atoms with Crippen LogP contribution in [0, 0.1) is 13.8 Å². The fourth-order valence-corrected chi connectivity index (χ4v) is 3.79. The van der Waals surface area contributed by atoms with E-state index in [1.807, 2.05) is 30.3 Å². The Bertz CT molecular complexity index is 1240. The number of nitrogens with zero attached hydrogens (tertiary/aromatic N) is 1. The van der Waals surface area contributed by atoms with Crippen LogP contribution in [0.5, 0.6) is 0 Å². The Kier molecular flexibility index (Phi) is 5.54. The molecule has 1 unspecified atom stereocenters. The van der Waals surface area contributed by atoms with Crippen molar-refractivity contribution in [3.05, 3.63) is 83.4 Å². The molecule has 0 aliphatic heterocycles. The van der Waals surface area contributed by atoms with Gasteiger partial charge in [0.15, 0.2) is 5.82 Å². The maximum Gasteiger partial charge on any atom is 0.303 e. The number of aromatic nitrogens is 2. The highest BCUT2D eigenvalue weighted by Gasteiger charge is 2.25. The number of rotatable bonds is 5. The van der Waals surface area contributed by atoms with E-state index in [0.29, 0.717) is 11.4 Å². The summed E-state index contributed by atoms with van der Waals surface area (Å²) < 4.78 is 5.27. The summed E-state index contributed by atoms with van der Waals surface area (Å²) in [5, 5.41) is 10.8. The summed E-state index contributed by atoms with van der Waals surface area (Å²) in [5.41, 5.74) is 6.04. The molecule has 156 valence electrons. The molecule has 6 heteroatoms. The van der Waals surface area contributed by atoms with E-state index >= 15 is 0 Å². The Morgan fingerprint density at radius 2 is 1.68 bits per heavy atom. The second kappa shape index (κ2) is 8.44. The number of ether oxygens (including phenoxy) is 1. The van der Waals surface area contributed by atoms with Crippen LogP contribution in [-0.4, -0.2) is 22.1 Å². The van der Waals surface area contributed by atoms with Crippen molar-refractivity contribution >= 4 is 28.6 Å². The number of fused-ring (bicyclic) bond motifs is 1. The van der Waals surface area contributed by atoms with Gasteiger partial charge in [0.05, 0.1) is 5.52 Å². The fraction of sp³-hybridized carbons (Fsp3) is 0.160. The number of hydrogen-bond donors (Lipinski definition) is 2. The summed E-state index contributed by atoms with van der Waals surface area (Å²) in [6.45, 7) is 5.45. The molecule has 4 rings (SSSR count). The molecular weight excluding hydrogens is 390 g/mol. The number of carbonyl (C=O) groups is 2. The standard InChI is InChI=1S/C25H23N3O3/c1-15-8-7-9-16(2)22(15)19-12-13-20-21(14-19)27-28-24(20)26-25(30)23(31-17(3)29)18-10-5-4-6-11-18/h4-14,23H,1-3H3,(H2,26,27,28,30). The van der Waals surface area contributed by atoms with Crippen LogP contribution in [0.15, 0.2) is 66.7 Å². The zero-order valence-corrected chi connectivity index (χ0v) is 17.6. The van der Waals surface area contributed by atoms with Gasteiger partial charge in [0.25, 0.3) is 5.91 Å². The lowest BCUT2D eigenvalue weighted by Crippen LogP contribution is -2.25. The van der Waals surface area contributed by atoms with Crippen LogP contribution in [0.25, 0.3) is 22.0 Å². The molecule has 1 amide bonds. The number of H-pyrrole nitrogens is 1. The molecule has 31 heavy (non-hydrogen) atoms. The molecule has 0 saturated heterocycles. The molecule has 4 aromatic rings. The Morgan fingerprint density at radius 1 is 0.968 bits per heavy atom. The Hall–Kier alpha value is -3.93. The van der Waals surface area contributed by atoms with Crippen LogP contribution in [0.1, 0.15) is 29.7 Å². The van der Waals surface area contributed by atoms with E-state index in [1.165, 1.54) is 23.6 Å². The number of nitrogens with one attached hydrogen (secondary N) is 2. The van der Waals surface area contributed by atoms with Crippen molar-refractivity contribution in [2.75, 3.05) is 5.32 Å². The first-order valence-corrected chi connectivity index (χ1v) is 10.0. The fourth-order valence-electron chi connectivity index (χ4n) is 3.79. The molecule has 1 aromatic heterocycles. The van der Waals surface area contributed by atoms with Gasteiger partial charge < -0.3 is 10.1 Å². The predicted molar refractivity (Wildman–Crippen MR) is 121 cm³/mol. The van der Waals surface area contributed by atoms with Gasteiger partial charge in [-0.15, -0.1) is 0 Å². The third-order valence-corrected chi connectivity index (χ3v) is 5.20. The average molecular weight is 413 g/mol. The largest absolute Gasteiger partial charge is 0.447 e. The van der Waals surface area contributed by atoms with Gasteiger partial charge in [0.1, 0.15) is 0 Å². The van der Waals surface area contributed by atoms with E-state index in [9.17, 15) is 9.59 Å². The minimum absolute atomic E-state index is 0.390. The van der Waals surface area contributed by atoms with Crippen molar-refractivity contribution in [1.29, 1.82) is 0 Å². The van der Waals surface area contributed by atoms with E-state index in [-0.39, 0.29) is 0 Å². The van der Waals surface area contributed by atoms with E-state index < -0.39 is 18.0 Å². The summed E-state index contributed by atoms with van der Waals surface area (Å²) >= 11 is 0. The van der Waals surface area contributed by atoms with Crippen molar-refractivity contribution in [2.24, 2.45) is 0 Å².